The van der Waals surface area contributed by atoms with E-state index >= 15 is 0 Å². The lowest BCUT2D eigenvalue weighted by atomic mass is 10.1. The molecule has 4 heteroatoms. The number of rotatable bonds is 3. The van der Waals surface area contributed by atoms with E-state index in [1.165, 1.54) is 0 Å². The van der Waals surface area contributed by atoms with Crippen molar-refractivity contribution >= 4 is 0 Å². The van der Waals surface area contributed by atoms with Crippen LogP contribution < -0.4 is 5.73 Å². The van der Waals surface area contributed by atoms with Crippen LogP contribution in [0.15, 0.2) is 61.1 Å². The molecule has 2 N–H and O–H groups in total. The minimum atomic E-state index is -0.0805. The van der Waals surface area contributed by atoms with Crippen LogP contribution in [0.3, 0.4) is 0 Å². The zero-order valence-corrected chi connectivity index (χ0v) is 11.3. The molecule has 3 rings (SSSR count). The maximum atomic E-state index is 5.99. The Balaban J connectivity index is 2.03. The molecule has 100 valence electrons. The van der Waals surface area contributed by atoms with Crippen molar-refractivity contribution in [3.8, 4) is 16.9 Å². The number of hydrogen-bond acceptors (Lipinski definition) is 3. The van der Waals surface area contributed by atoms with Gasteiger partial charge in [-0.25, -0.2) is 9.67 Å². The van der Waals surface area contributed by atoms with Gasteiger partial charge in [-0.15, -0.1) is 0 Å². The van der Waals surface area contributed by atoms with Gasteiger partial charge in [0.1, 0.15) is 0 Å². The predicted molar refractivity (Wildman–Crippen MR) is 79.4 cm³/mol. The van der Waals surface area contributed by atoms with Crippen LogP contribution in [0.2, 0.25) is 0 Å². The van der Waals surface area contributed by atoms with E-state index in [0.29, 0.717) is 0 Å². The van der Waals surface area contributed by atoms with Gasteiger partial charge in [0.15, 0.2) is 5.82 Å². The fourth-order valence-corrected chi connectivity index (χ4v) is 2.17. The van der Waals surface area contributed by atoms with Crippen LogP contribution in [-0.4, -0.2) is 14.8 Å². The highest BCUT2D eigenvalue weighted by Gasteiger charge is 2.11. The molecule has 0 unspecified atom stereocenters. The summed E-state index contributed by atoms with van der Waals surface area (Å²) in [5, 5.41) is 4.40. The molecule has 0 aliphatic rings. The van der Waals surface area contributed by atoms with Gasteiger partial charge in [-0.3, -0.25) is 0 Å². The summed E-state index contributed by atoms with van der Waals surface area (Å²) < 4.78 is 1.78. The molecular formula is C16H16N4. The van der Waals surface area contributed by atoms with E-state index in [9.17, 15) is 0 Å². The third-order valence-corrected chi connectivity index (χ3v) is 3.21. The molecule has 0 amide bonds. The summed E-state index contributed by atoms with van der Waals surface area (Å²) in [6, 6.07) is 13.9. The molecule has 0 fully saturated rings. The molecular weight excluding hydrogens is 248 g/mol. The molecule has 0 aliphatic heterocycles. The summed E-state index contributed by atoms with van der Waals surface area (Å²) in [5.74, 6) is 0.782. The van der Waals surface area contributed by atoms with Gasteiger partial charge in [0.05, 0.1) is 6.20 Å². The Kier molecular flexibility index (Phi) is 3.31. The van der Waals surface area contributed by atoms with Gasteiger partial charge in [0, 0.05) is 29.6 Å². The quantitative estimate of drug-likeness (QED) is 0.791. The van der Waals surface area contributed by atoms with Crippen molar-refractivity contribution in [2.45, 2.75) is 13.0 Å². The van der Waals surface area contributed by atoms with Crippen molar-refractivity contribution in [3.63, 3.8) is 0 Å². The third-order valence-electron chi connectivity index (χ3n) is 3.21. The van der Waals surface area contributed by atoms with Crippen molar-refractivity contribution in [2.75, 3.05) is 0 Å². The summed E-state index contributed by atoms with van der Waals surface area (Å²) in [6.07, 6.45) is 5.57. The van der Waals surface area contributed by atoms with E-state index in [4.69, 9.17) is 5.73 Å². The Morgan fingerprint density at radius 2 is 1.85 bits per heavy atom. The molecule has 3 aromatic rings. The highest BCUT2D eigenvalue weighted by atomic mass is 15.3. The van der Waals surface area contributed by atoms with Gasteiger partial charge in [-0.05, 0) is 18.6 Å². The Hall–Kier alpha value is -2.46. The molecule has 0 saturated heterocycles. The smallest absolute Gasteiger partial charge is 0.158 e. The zero-order chi connectivity index (χ0) is 13.9. The number of aromatic nitrogens is 3. The molecule has 0 bridgehead atoms. The van der Waals surface area contributed by atoms with E-state index in [2.05, 4.69) is 22.2 Å². The summed E-state index contributed by atoms with van der Waals surface area (Å²) in [6.45, 7) is 1.95. The highest BCUT2D eigenvalue weighted by Crippen LogP contribution is 2.22. The standard InChI is InChI=1S/C16H16N4/c1-12(17)15-8-5-9-18-16(15)20-11-14(10-19-20)13-6-3-2-4-7-13/h2-12H,17H2,1H3/t12-/m1/s1. The Morgan fingerprint density at radius 3 is 2.60 bits per heavy atom. The zero-order valence-electron chi connectivity index (χ0n) is 11.3. The molecule has 0 aliphatic carbocycles. The van der Waals surface area contributed by atoms with Crippen LogP contribution in [-0.2, 0) is 0 Å². The van der Waals surface area contributed by atoms with Gasteiger partial charge in [0.2, 0.25) is 0 Å². The molecule has 1 aromatic carbocycles. The fourth-order valence-electron chi connectivity index (χ4n) is 2.17. The number of nitrogens with zero attached hydrogens (tertiary/aromatic N) is 3. The lowest BCUT2D eigenvalue weighted by molar-refractivity contribution is 0.761. The highest BCUT2D eigenvalue weighted by molar-refractivity contribution is 5.62. The molecule has 20 heavy (non-hydrogen) atoms. The van der Waals surface area contributed by atoms with Gasteiger partial charge in [-0.1, -0.05) is 36.4 Å². The molecule has 1 atom stereocenters. The first kappa shape index (κ1) is 12.6. The van der Waals surface area contributed by atoms with E-state index in [1.807, 2.05) is 49.6 Å². The normalized spacial score (nSPS) is 12.3. The van der Waals surface area contributed by atoms with Crippen LogP contribution in [0.4, 0.5) is 0 Å². The van der Waals surface area contributed by atoms with E-state index in [1.54, 1.807) is 10.9 Å². The second kappa shape index (κ2) is 5.27. The molecule has 0 saturated carbocycles. The van der Waals surface area contributed by atoms with Crippen LogP contribution in [0, 0.1) is 0 Å². The van der Waals surface area contributed by atoms with Crippen molar-refractivity contribution in [1.29, 1.82) is 0 Å². The fraction of sp³-hybridized carbons (Fsp3) is 0.125. The Morgan fingerprint density at radius 1 is 1.05 bits per heavy atom. The minimum absolute atomic E-state index is 0.0805. The van der Waals surface area contributed by atoms with Gasteiger partial charge in [-0.2, -0.15) is 5.10 Å². The third kappa shape index (κ3) is 2.33. The van der Waals surface area contributed by atoms with Crippen molar-refractivity contribution in [3.05, 3.63) is 66.6 Å². The summed E-state index contributed by atoms with van der Waals surface area (Å²) in [4.78, 5) is 4.40. The summed E-state index contributed by atoms with van der Waals surface area (Å²) >= 11 is 0. The maximum absolute atomic E-state index is 5.99. The average Bonchev–Trinajstić information content (AvgIpc) is 2.98. The van der Waals surface area contributed by atoms with Crippen LogP contribution in [0.1, 0.15) is 18.5 Å². The SMILES string of the molecule is C[C@@H](N)c1cccnc1-n1cc(-c2ccccc2)cn1. The van der Waals surface area contributed by atoms with Crippen molar-refractivity contribution in [1.82, 2.24) is 14.8 Å². The number of benzene rings is 1. The predicted octanol–water partition coefficient (Wildman–Crippen LogP) is 2.95. The van der Waals surface area contributed by atoms with E-state index in [-0.39, 0.29) is 6.04 Å². The molecule has 0 radical (unpaired) electrons. The number of hydrogen-bond donors (Lipinski definition) is 1. The second-order valence-corrected chi connectivity index (χ2v) is 4.74. The topological polar surface area (TPSA) is 56.7 Å². The Labute approximate surface area is 117 Å². The Bertz CT molecular complexity index is 701. The lowest BCUT2D eigenvalue weighted by Gasteiger charge is -2.10. The second-order valence-electron chi connectivity index (χ2n) is 4.74. The summed E-state index contributed by atoms with van der Waals surface area (Å²) in [7, 11) is 0. The monoisotopic (exact) mass is 264 g/mol. The first-order chi connectivity index (χ1) is 9.75. The summed E-state index contributed by atoms with van der Waals surface area (Å²) in [5.41, 5.74) is 9.17. The molecule has 2 heterocycles. The van der Waals surface area contributed by atoms with Crippen LogP contribution in [0.5, 0.6) is 0 Å². The van der Waals surface area contributed by atoms with Crippen LogP contribution in [0.25, 0.3) is 16.9 Å². The van der Waals surface area contributed by atoms with Gasteiger partial charge >= 0.3 is 0 Å². The first-order valence-corrected chi connectivity index (χ1v) is 6.56. The molecule has 4 nitrogen and oxygen atoms in total. The lowest BCUT2D eigenvalue weighted by Crippen LogP contribution is -2.11. The maximum Gasteiger partial charge on any atom is 0.158 e. The number of nitrogens with two attached hydrogens (primary N) is 1. The largest absolute Gasteiger partial charge is 0.324 e. The van der Waals surface area contributed by atoms with E-state index < -0.39 is 0 Å². The van der Waals surface area contributed by atoms with E-state index in [0.717, 1.165) is 22.5 Å². The van der Waals surface area contributed by atoms with Crippen molar-refractivity contribution in [2.24, 2.45) is 5.73 Å². The average molecular weight is 264 g/mol. The number of pyridine rings is 1. The first-order valence-electron chi connectivity index (χ1n) is 6.56. The van der Waals surface area contributed by atoms with Crippen molar-refractivity contribution < 1.29 is 0 Å². The molecule has 0 spiro atoms. The molecule has 2 aromatic heterocycles. The van der Waals surface area contributed by atoms with Gasteiger partial charge < -0.3 is 5.73 Å². The minimum Gasteiger partial charge on any atom is -0.324 e. The van der Waals surface area contributed by atoms with Crippen LogP contribution >= 0.6 is 0 Å². The van der Waals surface area contributed by atoms with Gasteiger partial charge in [0.25, 0.3) is 0 Å².